The molecule has 0 aromatic carbocycles. The highest BCUT2D eigenvalue weighted by Gasteiger charge is 2.48. The average molecular weight is 629 g/mol. The zero-order valence-corrected chi connectivity index (χ0v) is 21.8. The number of aliphatic hydroxyl groups excluding tert-OH is 2. The number of hydrogen-bond acceptors (Lipinski definition) is 16. The Balaban J connectivity index is 1.63. The monoisotopic (exact) mass is 629 g/mol. The summed E-state index contributed by atoms with van der Waals surface area (Å²) in [6.45, 7) is -1.08. The van der Waals surface area contributed by atoms with Crippen molar-refractivity contribution in [2.75, 3.05) is 18.5 Å². The minimum atomic E-state index is -6.08. The fraction of sp³-hybridized carbons (Fsp3) is 0.500. The molecular weight excluding hydrogens is 610 g/mol. The van der Waals surface area contributed by atoms with Gasteiger partial charge in [0.05, 0.1) is 12.9 Å². The molecule has 1 saturated heterocycles. The number of imidazole rings is 1. The van der Waals surface area contributed by atoms with Gasteiger partial charge in [0.15, 0.2) is 17.7 Å². The van der Waals surface area contributed by atoms with Crippen LogP contribution in [0.15, 0.2) is 12.7 Å². The number of rotatable bonds is 12. The number of aromatic nitrogens is 4. The van der Waals surface area contributed by atoms with Crippen LogP contribution in [-0.2, 0) is 45.2 Å². The minimum absolute atomic E-state index is 0.00259. The normalized spacial score (nSPS) is 28.3. The first-order chi connectivity index (χ1) is 17.3. The number of hydrogen-bond donors (Lipinski definition) is 8. The summed E-state index contributed by atoms with van der Waals surface area (Å²) in [6, 6.07) is 0. The number of carboxylic acid groups (broad SMARTS) is 1. The van der Waals surface area contributed by atoms with Gasteiger partial charge in [-0.2, -0.15) is 8.62 Å². The third kappa shape index (κ3) is 7.70. The molecule has 214 valence electrons. The average Bonchev–Trinajstić information content (AvgIpc) is 3.25. The van der Waals surface area contributed by atoms with Crippen molar-refractivity contribution < 1.29 is 80.1 Å². The van der Waals surface area contributed by atoms with Gasteiger partial charge in [0.2, 0.25) is 0 Å². The SMILES string of the molecule is Nc1ncnc2c1ncn2[C@@H]1O[C@H](COP(=O)(O)OP(=O)(O)OP(=O)(O)OP(=O)(O)CC(=O)O)C(O)[C@@H]1O. The van der Waals surface area contributed by atoms with E-state index in [0.717, 1.165) is 17.2 Å². The summed E-state index contributed by atoms with van der Waals surface area (Å²) in [7, 11) is -23.1. The number of fused-ring (bicyclic) bond motifs is 1. The Kier molecular flexibility index (Phi) is 8.97. The van der Waals surface area contributed by atoms with Crippen molar-refractivity contribution in [2.45, 2.75) is 24.5 Å². The van der Waals surface area contributed by atoms with E-state index in [1.54, 1.807) is 0 Å². The van der Waals surface area contributed by atoms with E-state index in [9.17, 15) is 52.8 Å². The van der Waals surface area contributed by atoms with Gasteiger partial charge in [0, 0.05) is 0 Å². The quantitative estimate of drug-likeness (QED) is 0.126. The van der Waals surface area contributed by atoms with E-state index in [0.29, 0.717) is 0 Å². The fourth-order valence-corrected chi connectivity index (χ4v) is 8.24. The van der Waals surface area contributed by atoms with Gasteiger partial charge in [-0.25, -0.2) is 33.0 Å². The molecule has 38 heavy (non-hydrogen) atoms. The number of phosphoric acid groups is 3. The van der Waals surface area contributed by atoms with Gasteiger partial charge >= 0.3 is 37.0 Å². The largest absolute Gasteiger partial charge is 0.490 e. The summed E-state index contributed by atoms with van der Waals surface area (Å²) >= 11 is 0. The second kappa shape index (κ2) is 11.1. The number of ether oxygens (including phenoxy) is 1. The first-order valence-electron chi connectivity index (χ1n) is 9.56. The standard InChI is InChI=1S/C12H19N5O17P4/c13-10-7-11(15-3-14-10)17(4-16-7)12-9(21)8(20)5(31-12)1-30-36(24,25)33-38(28,29)34-37(26,27)32-35(22,23)2-6(18)19/h3-5,8-9,12,20-21H,1-2H2,(H,18,19)(H,22,23)(H,24,25)(H,26,27)(H,28,29)(H2,13,14,15)/t5-,8?,9+,12-/m1/s1. The van der Waals surface area contributed by atoms with Crippen LogP contribution >= 0.6 is 31.1 Å². The van der Waals surface area contributed by atoms with Crippen LogP contribution in [0.1, 0.15) is 6.23 Å². The van der Waals surface area contributed by atoms with E-state index in [1.165, 1.54) is 0 Å². The lowest BCUT2D eigenvalue weighted by molar-refractivity contribution is -0.134. The highest BCUT2D eigenvalue weighted by molar-refractivity contribution is 7.70. The molecule has 9 N–H and O–H groups in total. The van der Waals surface area contributed by atoms with Gasteiger partial charge in [-0.3, -0.25) is 18.5 Å². The van der Waals surface area contributed by atoms with Crippen LogP contribution < -0.4 is 5.73 Å². The van der Waals surface area contributed by atoms with E-state index in [-0.39, 0.29) is 17.0 Å². The number of nitrogens with zero attached hydrogens (tertiary/aromatic N) is 4. The number of carboxylic acids is 1. The van der Waals surface area contributed by atoms with Crippen LogP contribution in [0.5, 0.6) is 0 Å². The molecule has 8 atom stereocenters. The van der Waals surface area contributed by atoms with Crippen molar-refractivity contribution in [2.24, 2.45) is 0 Å². The van der Waals surface area contributed by atoms with Gasteiger partial charge in [-0.15, -0.1) is 0 Å². The third-order valence-corrected chi connectivity index (χ3v) is 10.7. The van der Waals surface area contributed by atoms with Gasteiger partial charge in [0.25, 0.3) is 0 Å². The van der Waals surface area contributed by atoms with Crippen molar-refractivity contribution in [1.82, 2.24) is 19.5 Å². The molecule has 1 fully saturated rings. The molecule has 2 aromatic rings. The molecule has 1 aliphatic rings. The number of phosphoric ester groups is 1. The first-order valence-corrected chi connectivity index (χ1v) is 15.8. The molecule has 0 aliphatic carbocycles. The predicted molar refractivity (Wildman–Crippen MR) is 117 cm³/mol. The number of anilines is 1. The van der Waals surface area contributed by atoms with Gasteiger partial charge in [0.1, 0.15) is 36.3 Å². The van der Waals surface area contributed by atoms with Crippen LogP contribution in [0.4, 0.5) is 5.82 Å². The Bertz CT molecular complexity index is 1400. The lowest BCUT2D eigenvalue weighted by Gasteiger charge is -2.20. The molecular formula is C12H19N5O17P4. The zero-order chi connectivity index (χ0) is 28.7. The van der Waals surface area contributed by atoms with E-state index < -0.39 is 74.3 Å². The van der Waals surface area contributed by atoms with Gasteiger partial charge < -0.3 is 45.4 Å². The number of aliphatic hydroxyl groups is 2. The van der Waals surface area contributed by atoms with E-state index in [2.05, 4.69) is 32.4 Å². The molecule has 0 bridgehead atoms. The van der Waals surface area contributed by atoms with Crippen molar-refractivity contribution in [3.05, 3.63) is 12.7 Å². The molecule has 22 nitrogen and oxygen atoms in total. The highest BCUT2D eigenvalue weighted by atomic mass is 31.3. The molecule has 26 heteroatoms. The molecule has 0 saturated carbocycles. The summed E-state index contributed by atoms with van der Waals surface area (Å²) in [5, 5.41) is 29.0. The second-order valence-corrected chi connectivity index (χ2v) is 13.9. The van der Waals surface area contributed by atoms with E-state index >= 15 is 0 Å². The lowest BCUT2D eigenvalue weighted by Crippen LogP contribution is -2.33. The minimum Gasteiger partial charge on any atom is -0.481 e. The van der Waals surface area contributed by atoms with E-state index in [4.69, 9.17) is 15.6 Å². The Morgan fingerprint density at radius 1 is 0.974 bits per heavy atom. The maximum absolute atomic E-state index is 12.1. The fourth-order valence-electron chi connectivity index (χ4n) is 3.00. The van der Waals surface area contributed by atoms with Crippen molar-refractivity contribution in [3.63, 3.8) is 0 Å². The Labute approximate surface area is 209 Å². The van der Waals surface area contributed by atoms with Crippen molar-refractivity contribution in [1.29, 1.82) is 0 Å². The first kappa shape index (κ1) is 30.8. The van der Waals surface area contributed by atoms with Crippen LogP contribution in [0, 0.1) is 0 Å². The molecule has 0 amide bonds. The maximum atomic E-state index is 12.1. The van der Waals surface area contributed by atoms with Gasteiger partial charge in [-0.05, 0) is 0 Å². The Morgan fingerprint density at radius 3 is 2.21 bits per heavy atom. The summed E-state index contributed by atoms with van der Waals surface area (Å²) in [5.74, 6) is -1.95. The van der Waals surface area contributed by atoms with Crippen LogP contribution in [0.3, 0.4) is 0 Å². The Morgan fingerprint density at radius 2 is 1.58 bits per heavy atom. The summed E-state index contributed by atoms with van der Waals surface area (Å²) < 4.78 is 69.1. The zero-order valence-electron chi connectivity index (χ0n) is 18.2. The van der Waals surface area contributed by atoms with Crippen molar-refractivity contribution in [3.8, 4) is 0 Å². The van der Waals surface area contributed by atoms with E-state index in [1.807, 2.05) is 0 Å². The molecule has 5 unspecified atom stereocenters. The van der Waals surface area contributed by atoms with Crippen molar-refractivity contribution >= 4 is 54.0 Å². The second-order valence-electron chi connectivity index (χ2n) is 7.26. The molecule has 2 aromatic heterocycles. The number of nitrogens with two attached hydrogens (primary N) is 1. The van der Waals surface area contributed by atoms with Crippen LogP contribution in [0.2, 0.25) is 0 Å². The molecule has 3 heterocycles. The summed E-state index contributed by atoms with van der Waals surface area (Å²) in [4.78, 5) is 59.8. The number of nitrogen functional groups attached to an aromatic ring is 1. The third-order valence-electron chi connectivity index (χ3n) is 4.38. The highest BCUT2D eigenvalue weighted by Crippen LogP contribution is 2.71. The smallest absolute Gasteiger partial charge is 0.481 e. The topological polar surface area (TPSA) is 343 Å². The Hall–Kier alpha value is -1.70. The number of aliphatic carboxylic acids is 1. The molecule has 0 radical (unpaired) electrons. The summed E-state index contributed by atoms with van der Waals surface area (Å²) in [5.41, 5.74) is 5.90. The predicted octanol–water partition coefficient (Wildman–Crippen LogP) is -1.33. The van der Waals surface area contributed by atoms with Gasteiger partial charge in [-0.1, -0.05) is 0 Å². The lowest BCUT2D eigenvalue weighted by atomic mass is 10.1. The van der Waals surface area contributed by atoms with Crippen LogP contribution in [-0.4, -0.2) is 91.5 Å². The summed E-state index contributed by atoms with van der Waals surface area (Å²) in [6.07, 6.45) is -5.86. The molecule has 1 aliphatic heterocycles. The maximum Gasteiger partial charge on any atom is 0.490 e. The van der Waals surface area contributed by atoms with Crippen LogP contribution in [0.25, 0.3) is 11.2 Å². The molecule has 3 rings (SSSR count). The number of carbonyl (C=O) groups is 1. The molecule has 0 spiro atoms.